The summed E-state index contributed by atoms with van der Waals surface area (Å²) in [6.45, 7) is 3.43. The first kappa shape index (κ1) is 4.60. The molecule has 1 atom stereocenters. The van der Waals surface area contributed by atoms with Crippen molar-refractivity contribution in [3.05, 3.63) is 0 Å². The molecule has 1 aliphatic rings. The zero-order valence-corrected chi connectivity index (χ0v) is 5.40. The first-order chi connectivity index (χ1) is 2.80. The fourth-order valence-electron chi connectivity index (χ4n) is 0.485. The molecule has 0 aromatic carbocycles. The molecule has 0 amide bonds. The van der Waals surface area contributed by atoms with E-state index in [4.69, 9.17) is 0 Å². The zero-order valence-electron chi connectivity index (χ0n) is 3.82. The van der Waals surface area contributed by atoms with Gasteiger partial charge in [0.25, 0.3) is 0 Å². The molecule has 0 aromatic rings. The van der Waals surface area contributed by atoms with Crippen LogP contribution in [0.2, 0.25) is 0 Å². The van der Waals surface area contributed by atoms with Crippen LogP contribution in [0.3, 0.4) is 0 Å². The minimum absolute atomic E-state index is 0.782. The van der Waals surface area contributed by atoms with Crippen molar-refractivity contribution in [1.29, 1.82) is 0 Å². The third-order valence-corrected chi connectivity index (χ3v) is 2.29. The molecule has 0 aromatic heterocycles. The Balaban J connectivity index is 2.20. The molecule has 0 aliphatic carbocycles. The Hall–Kier alpha value is 0.440. The van der Waals surface area contributed by atoms with Gasteiger partial charge >= 0.3 is 0 Å². The highest BCUT2D eigenvalue weighted by atomic mass is 79.9. The largest absolute Gasteiger partial charge is 0.239 e. The molecule has 36 valence electrons. The summed E-state index contributed by atoms with van der Waals surface area (Å²) in [6, 6.07) is 0.782. The number of hydrogen-bond acceptors (Lipinski definition) is 1. The molecule has 2 heteroatoms. The predicted octanol–water partition coefficient (Wildman–Crippen LogP) is 1.39. The van der Waals surface area contributed by atoms with Gasteiger partial charge in [0.1, 0.15) is 0 Å². The summed E-state index contributed by atoms with van der Waals surface area (Å²) < 4.78 is 2.16. The highest BCUT2D eigenvalue weighted by Gasteiger charge is 2.19. The first-order valence-electron chi connectivity index (χ1n) is 2.23. The number of rotatable bonds is 0. The molecule has 1 aliphatic heterocycles. The Kier molecular flexibility index (Phi) is 1.15. The topological polar surface area (TPSA) is 3.24 Å². The molecule has 0 radical (unpaired) electrons. The number of hydrogen-bond donors (Lipinski definition) is 0. The van der Waals surface area contributed by atoms with Crippen molar-refractivity contribution in [2.45, 2.75) is 19.4 Å². The molecule has 6 heavy (non-hydrogen) atoms. The Labute approximate surface area is 46.7 Å². The summed E-state index contributed by atoms with van der Waals surface area (Å²) in [7, 11) is 0. The van der Waals surface area contributed by atoms with E-state index >= 15 is 0 Å². The van der Waals surface area contributed by atoms with Crippen molar-refractivity contribution in [2.75, 3.05) is 6.54 Å². The van der Waals surface area contributed by atoms with Gasteiger partial charge in [-0.05, 0) is 13.3 Å². The molecule has 1 nitrogen and oxygen atoms in total. The Morgan fingerprint density at radius 1 is 1.83 bits per heavy atom. The highest BCUT2D eigenvalue weighted by Crippen LogP contribution is 2.19. The van der Waals surface area contributed by atoms with Crippen molar-refractivity contribution in [2.24, 2.45) is 0 Å². The molecule has 0 saturated carbocycles. The summed E-state index contributed by atoms with van der Waals surface area (Å²) in [5.74, 6) is 0. The van der Waals surface area contributed by atoms with Gasteiger partial charge in [-0.15, -0.1) is 0 Å². The van der Waals surface area contributed by atoms with Gasteiger partial charge in [0, 0.05) is 28.7 Å². The fraction of sp³-hybridized carbons (Fsp3) is 1.00. The molecule has 0 bridgehead atoms. The Morgan fingerprint density at radius 2 is 2.33 bits per heavy atom. The van der Waals surface area contributed by atoms with Crippen molar-refractivity contribution in [3.63, 3.8) is 0 Å². The minimum atomic E-state index is 0.782. The van der Waals surface area contributed by atoms with Crippen LogP contribution in [-0.4, -0.2) is 16.5 Å². The van der Waals surface area contributed by atoms with E-state index in [0.717, 1.165) is 6.04 Å². The molecular formula is C4H8BrN. The van der Waals surface area contributed by atoms with Crippen LogP contribution in [0.25, 0.3) is 0 Å². The quantitative estimate of drug-likeness (QED) is 0.471. The third kappa shape index (κ3) is 0.590. The summed E-state index contributed by atoms with van der Waals surface area (Å²) in [5.41, 5.74) is 0. The maximum absolute atomic E-state index is 3.36. The molecular weight excluding hydrogens is 142 g/mol. The van der Waals surface area contributed by atoms with Gasteiger partial charge in [-0.3, -0.25) is 0 Å². The lowest BCUT2D eigenvalue weighted by atomic mass is 10.1. The van der Waals surface area contributed by atoms with E-state index in [2.05, 4.69) is 27.0 Å². The van der Waals surface area contributed by atoms with Gasteiger partial charge in [-0.1, -0.05) is 0 Å². The Bertz CT molecular complexity index is 47.5. The second kappa shape index (κ2) is 1.51. The van der Waals surface area contributed by atoms with Crippen molar-refractivity contribution in [3.8, 4) is 0 Å². The lowest BCUT2D eigenvalue weighted by molar-refractivity contribution is 0.252. The second-order valence-corrected chi connectivity index (χ2v) is 2.67. The standard InChI is InChI=1S/C4H8BrN/c1-4-2-3-6(4)5/h4H,2-3H2,1H3/t4-/m1/s1. The zero-order chi connectivity index (χ0) is 4.57. The molecule has 1 heterocycles. The minimum Gasteiger partial charge on any atom is -0.239 e. The van der Waals surface area contributed by atoms with Gasteiger partial charge in [0.2, 0.25) is 0 Å². The lowest BCUT2D eigenvalue weighted by Crippen LogP contribution is -2.37. The maximum Gasteiger partial charge on any atom is 0.0189 e. The molecule has 1 saturated heterocycles. The normalized spacial score (nSPS) is 36.0. The van der Waals surface area contributed by atoms with E-state index < -0.39 is 0 Å². The average Bonchev–Trinajstić information content (AvgIpc) is 1.61. The number of halogens is 1. The maximum atomic E-state index is 3.36. The Morgan fingerprint density at radius 3 is 2.33 bits per heavy atom. The number of nitrogens with zero attached hydrogens (tertiary/aromatic N) is 1. The van der Waals surface area contributed by atoms with Crippen LogP contribution in [0.15, 0.2) is 0 Å². The van der Waals surface area contributed by atoms with Crippen LogP contribution in [0.4, 0.5) is 0 Å². The molecule has 0 N–H and O–H groups in total. The van der Waals surface area contributed by atoms with Gasteiger partial charge in [-0.25, -0.2) is 3.93 Å². The van der Waals surface area contributed by atoms with Crippen LogP contribution in [0.5, 0.6) is 0 Å². The third-order valence-electron chi connectivity index (χ3n) is 1.24. The van der Waals surface area contributed by atoms with E-state index in [1.165, 1.54) is 13.0 Å². The average molecular weight is 150 g/mol. The van der Waals surface area contributed by atoms with Crippen molar-refractivity contribution >= 4 is 16.1 Å². The van der Waals surface area contributed by atoms with E-state index in [1.54, 1.807) is 0 Å². The van der Waals surface area contributed by atoms with E-state index in [0.29, 0.717) is 0 Å². The van der Waals surface area contributed by atoms with Crippen LogP contribution >= 0.6 is 16.1 Å². The first-order valence-corrected chi connectivity index (χ1v) is 2.94. The van der Waals surface area contributed by atoms with Crippen LogP contribution in [0.1, 0.15) is 13.3 Å². The summed E-state index contributed by atoms with van der Waals surface area (Å²) >= 11 is 3.36. The predicted molar refractivity (Wildman–Crippen MR) is 29.7 cm³/mol. The van der Waals surface area contributed by atoms with Crippen molar-refractivity contribution < 1.29 is 0 Å². The van der Waals surface area contributed by atoms with Crippen LogP contribution in [0, 0.1) is 0 Å². The van der Waals surface area contributed by atoms with Gasteiger partial charge < -0.3 is 0 Å². The monoisotopic (exact) mass is 149 g/mol. The SMILES string of the molecule is C[C@@H]1CCN1Br. The van der Waals surface area contributed by atoms with E-state index in [-0.39, 0.29) is 0 Å². The molecule has 0 unspecified atom stereocenters. The summed E-state index contributed by atoms with van der Waals surface area (Å²) in [4.78, 5) is 0. The lowest BCUT2D eigenvalue weighted by Gasteiger charge is -2.31. The highest BCUT2D eigenvalue weighted by molar-refractivity contribution is 9.07. The van der Waals surface area contributed by atoms with Crippen LogP contribution in [-0.2, 0) is 0 Å². The van der Waals surface area contributed by atoms with Crippen molar-refractivity contribution in [1.82, 2.24) is 3.93 Å². The second-order valence-electron chi connectivity index (χ2n) is 1.76. The summed E-state index contributed by atoms with van der Waals surface area (Å²) in [6.07, 6.45) is 1.35. The molecule has 1 fully saturated rings. The van der Waals surface area contributed by atoms with E-state index in [1.807, 2.05) is 0 Å². The van der Waals surface area contributed by atoms with Crippen LogP contribution < -0.4 is 0 Å². The fourth-order valence-corrected chi connectivity index (χ4v) is 0.894. The molecule has 1 rings (SSSR count). The van der Waals surface area contributed by atoms with Gasteiger partial charge in [0.15, 0.2) is 0 Å². The van der Waals surface area contributed by atoms with E-state index in [9.17, 15) is 0 Å². The van der Waals surface area contributed by atoms with Gasteiger partial charge in [-0.2, -0.15) is 0 Å². The summed E-state index contributed by atoms with van der Waals surface area (Å²) in [5, 5.41) is 0. The smallest absolute Gasteiger partial charge is 0.0189 e. The van der Waals surface area contributed by atoms with Gasteiger partial charge in [0.05, 0.1) is 0 Å². The molecule has 0 spiro atoms.